The van der Waals surface area contributed by atoms with Crippen molar-refractivity contribution in [1.29, 1.82) is 0 Å². The van der Waals surface area contributed by atoms with Gasteiger partial charge in [0, 0.05) is 12.8 Å². The summed E-state index contributed by atoms with van der Waals surface area (Å²) in [6, 6.07) is 18.7. The van der Waals surface area contributed by atoms with E-state index in [-0.39, 0.29) is 5.75 Å². The number of phenols is 1. The van der Waals surface area contributed by atoms with Crippen molar-refractivity contribution in [1.82, 2.24) is 15.0 Å². The molecule has 5 heteroatoms. The second-order valence-electron chi connectivity index (χ2n) is 8.99. The Morgan fingerprint density at radius 3 is 2.38 bits per heavy atom. The lowest BCUT2D eigenvalue weighted by molar-refractivity contribution is -0.120. The number of carbonyl (C=O) groups is 1. The molecule has 0 bridgehead atoms. The number of carbonyl (C=O) groups excluding carboxylic acids is 1. The summed E-state index contributed by atoms with van der Waals surface area (Å²) in [4.78, 5) is 13.0. The summed E-state index contributed by atoms with van der Waals surface area (Å²) < 4.78 is 0. The van der Waals surface area contributed by atoms with Crippen LogP contribution in [0.15, 0.2) is 54.6 Å². The average Bonchev–Trinajstić information content (AvgIpc) is 3.20. The van der Waals surface area contributed by atoms with Crippen molar-refractivity contribution in [3.05, 3.63) is 82.4 Å². The fraction of sp³-hybridized carbons (Fsp3) is 0.296. The lowest BCUT2D eigenvalue weighted by Gasteiger charge is -2.21. The highest BCUT2D eigenvalue weighted by atomic mass is 16.3. The summed E-state index contributed by atoms with van der Waals surface area (Å²) in [5.41, 5.74) is 7.78. The zero-order chi connectivity index (χ0) is 22.2. The number of aromatic nitrogens is 3. The number of aromatic hydroxyl groups is 1. The van der Waals surface area contributed by atoms with Crippen molar-refractivity contribution in [3.63, 3.8) is 0 Å². The fourth-order valence-electron chi connectivity index (χ4n) is 4.64. The van der Waals surface area contributed by atoms with Crippen LogP contribution in [0.3, 0.4) is 0 Å². The quantitative estimate of drug-likeness (QED) is 0.465. The maximum atomic E-state index is 11.5. The van der Waals surface area contributed by atoms with Gasteiger partial charge >= 0.3 is 0 Å². The minimum absolute atomic E-state index is 0.202. The van der Waals surface area contributed by atoms with Gasteiger partial charge in [0.05, 0.1) is 0 Å². The Morgan fingerprint density at radius 1 is 0.906 bits per heavy atom. The molecule has 1 aliphatic carbocycles. The van der Waals surface area contributed by atoms with Crippen molar-refractivity contribution in [2.75, 3.05) is 0 Å². The van der Waals surface area contributed by atoms with Crippen molar-refractivity contribution >= 4 is 16.8 Å². The minimum Gasteiger partial charge on any atom is -0.505 e. The molecule has 0 spiro atoms. The maximum Gasteiger partial charge on any atom is 0.146 e. The first-order chi connectivity index (χ1) is 15.5. The Morgan fingerprint density at radius 2 is 1.62 bits per heavy atom. The third-order valence-electron chi connectivity index (χ3n) is 6.49. The first-order valence-electron chi connectivity index (χ1n) is 11.2. The Labute approximate surface area is 187 Å². The van der Waals surface area contributed by atoms with E-state index in [1.54, 1.807) is 0 Å². The van der Waals surface area contributed by atoms with Gasteiger partial charge in [-0.15, -0.1) is 15.0 Å². The molecule has 1 saturated carbocycles. The molecule has 0 aliphatic heterocycles. The van der Waals surface area contributed by atoms with Crippen LogP contribution in [-0.2, 0) is 11.2 Å². The van der Waals surface area contributed by atoms with Crippen LogP contribution in [0, 0.1) is 13.8 Å². The second kappa shape index (κ2) is 8.23. The van der Waals surface area contributed by atoms with Gasteiger partial charge in [0.25, 0.3) is 0 Å². The van der Waals surface area contributed by atoms with Crippen molar-refractivity contribution in [2.24, 2.45) is 0 Å². The third kappa shape index (κ3) is 4.03. The van der Waals surface area contributed by atoms with Gasteiger partial charge in [-0.05, 0) is 85.0 Å². The van der Waals surface area contributed by atoms with Crippen LogP contribution < -0.4 is 0 Å². The van der Waals surface area contributed by atoms with Gasteiger partial charge < -0.3 is 5.11 Å². The van der Waals surface area contributed by atoms with E-state index in [0.717, 1.165) is 47.0 Å². The zero-order valence-corrected chi connectivity index (χ0v) is 18.5. The molecule has 1 N–H and O–H groups in total. The fourth-order valence-corrected chi connectivity index (χ4v) is 4.64. The first-order valence-corrected chi connectivity index (χ1v) is 11.2. The molecule has 1 fully saturated rings. The molecule has 1 aliphatic rings. The summed E-state index contributed by atoms with van der Waals surface area (Å²) in [5.74, 6) is 1.09. The van der Waals surface area contributed by atoms with Crippen LogP contribution in [-0.4, -0.2) is 25.9 Å². The Hall–Kier alpha value is -3.47. The molecule has 5 nitrogen and oxygen atoms in total. The number of rotatable bonds is 4. The van der Waals surface area contributed by atoms with E-state index in [4.69, 9.17) is 0 Å². The summed E-state index contributed by atoms with van der Waals surface area (Å²) in [6.07, 6.45) is 4.10. The second-order valence-corrected chi connectivity index (χ2v) is 8.99. The Balaban J connectivity index is 1.40. The highest BCUT2D eigenvalue weighted by Gasteiger charge is 2.20. The molecular weight excluding hydrogens is 398 g/mol. The van der Waals surface area contributed by atoms with Gasteiger partial charge in [-0.1, -0.05) is 36.4 Å². The molecule has 0 unspecified atom stereocenters. The average molecular weight is 426 g/mol. The molecule has 3 aromatic carbocycles. The summed E-state index contributed by atoms with van der Waals surface area (Å²) in [6.45, 7) is 3.93. The van der Waals surface area contributed by atoms with Crippen LogP contribution in [0.1, 0.15) is 59.4 Å². The number of Topliss-reactive ketones (excluding diaryl/α,β-unsaturated/α-hetero) is 1. The van der Waals surface area contributed by atoms with Crippen LogP contribution in [0.4, 0.5) is 0 Å². The van der Waals surface area contributed by atoms with Crippen LogP contribution >= 0.6 is 0 Å². The van der Waals surface area contributed by atoms with Crippen LogP contribution in [0.2, 0.25) is 0 Å². The number of fused-ring (bicyclic) bond motifs is 1. The molecule has 0 amide bonds. The van der Waals surface area contributed by atoms with Crippen LogP contribution in [0.5, 0.6) is 5.75 Å². The molecule has 1 heterocycles. The number of ketones is 1. The molecule has 1 aromatic heterocycles. The molecule has 0 saturated heterocycles. The smallest absolute Gasteiger partial charge is 0.146 e. The summed E-state index contributed by atoms with van der Waals surface area (Å²) in [7, 11) is 0. The van der Waals surface area contributed by atoms with Gasteiger partial charge in [-0.25, -0.2) is 0 Å². The Bertz CT molecular complexity index is 1290. The first kappa shape index (κ1) is 20.4. The number of nitrogens with zero attached hydrogens (tertiary/aromatic N) is 3. The van der Waals surface area contributed by atoms with Gasteiger partial charge in [0.1, 0.15) is 28.3 Å². The largest absolute Gasteiger partial charge is 0.505 e. The highest BCUT2D eigenvalue weighted by Crippen LogP contribution is 2.32. The standard InChI is InChI=1S/C27H27N3O2/c1-17-3-12-24-25(13-17)29-30(28-24)26-16-20(14-18(2)27(26)32)15-19-4-6-21(7-5-19)22-8-10-23(31)11-9-22/h3-7,12-14,16,22,32H,8-11,15H2,1-2H3. The van der Waals surface area contributed by atoms with E-state index >= 15 is 0 Å². The van der Waals surface area contributed by atoms with Gasteiger partial charge in [0.2, 0.25) is 0 Å². The Kier molecular flexibility index (Phi) is 5.25. The number of aryl methyl sites for hydroxylation is 2. The van der Waals surface area contributed by atoms with Gasteiger partial charge in [0.15, 0.2) is 0 Å². The van der Waals surface area contributed by atoms with E-state index in [2.05, 4.69) is 34.5 Å². The van der Waals surface area contributed by atoms with Crippen LogP contribution in [0.25, 0.3) is 16.7 Å². The van der Waals surface area contributed by atoms with E-state index in [1.165, 1.54) is 15.9 Å². The van der Waals surface area contributed by atoms with Crippen molar-refractivity contribution in [3.8, 4) is 11.4 Å². The zero-order valence-electron chi connectivity index (χ0n) is 18.5. The van der Waals surface area contributed by atoms with E-state index < -0.39 is 0 Å². The summed E-state index contributed by atoms with van der Waals surface area (Å²) >= 11 is 0. The number of benzene rings is 3. The SMILES string of the molecule is Cc1ccc2nn(-c3cc(Cc4ccc(C5CCC(=O)CC5)cc4)cc(C)c3O)nc2c1. The number of hydrogen-bond donors (Lipinski definition) is 1. The number of hydrogen-bond acceptors (Lipinski definition) is 4. The monoisotopic (exact) mass is 425 g/mol. The van der Waals surface area contributed by atoms with Crippen molar-refractivity contribution in [2.45, 2.75) is 51.9 Å². The van der Waals surface area contributed by atoms with E-state index in [0.29, 0.717) is 30.2 Å². The highest BCUT2D eigenvalue weighted by molar-refractivity contribution is 5.79. The van der Waals surface area contributed by atoms with Crippen molar-refractivity contribution < 1.29 is 9.90 Å². The predicted molar refractivity (Wildman–Crippen MR) is 125 cm³/mol. The lowest BCUT2D eigenvalue weighted by Crippen LogP contribution is -2.12. The molecule has 0 radical (unpaired) electrons. The maximum absolute atomic E-state index is 11.5. The van der Waals surface area contributed by atoms with Gasteiger partial charge in [-0.2, -0.15) is 0 Å². The minimum atomic E-state index is 0.202. The predicted octanol–water partition coefficient (Wildman–Crippen LogP) is 5.56. The lowest BCUT2D eigenvalue weighted by atomic mass is 9.83. The topological polar surface area (TPSA) is 68.0 Å². The van der Waals surface area contributed by atoms with E-state index in [9.17, 15) is 9.90 Å². The van der Waals surface area contributed by atoms with Gasteiger partial charge in [-0.3, -0.25) is 4.79 Å². The molecule has 5 rings (SSSR count). The molecule has 0 atom stereocenters. The molecule has 162 valence electrons. The molecule has 32 heavy (non-hydrogen) atoms. The number of phenolic OH excluding ortho intramolecular Hbond substituents is 1. The normalized spacial score (nSPS) is 14.9. The summed E-state index contributed by atoms with van der Waals surface area (Å²) in [5, 5.41) is 19.8. The van der Waals surface area contributed by atoms with E-state index in [1.807, 2.05) is 44.2 Å². The third-order valence-corrected chi connectivity index (χ3v) is 6.49. The molecular formula is C27H27N3O2. The molecule has 4 aromatic rings.